The van der Waals surface area contributed by atoms with Crippen LogP contribution < -0.4 is 9.47 Å². The van der Waals surface area contributed by atoms with Crippen LogP contribution in [0, 0.1) is 0 Å². The lowest BCUT2D eigenvalue weighted by Gasteiger charge is -2.40. The molecule has 1 fully saturated rings. The second-order valence-electron chi connectivity index (χ2n) is 7.73. The molecule has 0 aromatic heterocycles. The second-order valence-corrected chi connectivity index (χ2v) is 7.73. The van der Waals surface area contributed by atoms with E-state index in [4.69, 9.17) is 18.9 Å². The first kappa shape index (κ1) is 25.9. The van der Waals surface area contributed by atoms with Crippen molar-refractivity contribution < 1.29 is 59.5 Å². The van der Waals surface area contributed by atoms with Crippen LogP contribution in [0.25, 0.3) is 0 Å². The van der Waals surface area contributed by atoms with Gasteiger partial charge in [0.05, 0.1) is 12.7 Å². The summed E-state index contributed by atoms with van der Waals surface area (Å²) in [7, 11) is 1.33. The van der Waals surface area contributed by atoms with Gasteiger partial charge in [0.25, 0.3) is 0 Å². The molecule has 2 aromatic carbocycles. The molecule has 1 heterocycles. The predicted octanol–water partition coefficient (Wildman–Crippen LogP) is 0.289. The molecule has 1 aliphatic rings. The van der Waals surface area contributed by atoms with Crippen LogP contribution in [0.1, 0.15) is 15.9 Å². The van der Waals surface area contributed by atoms with Crippen LogP contribution in [0.2, 0.25) is 0 Å². The van der Waals surface area contributed by atoms with Crippen molar-refractivity contribution in [3.8, 4) is 34.5 Å². The van der Waals surface area contributed by atoms with E-state index < -0.39 is 66.3 Å². The molecule has 0 aliphatic carbocycles. The average Bonchev–Trinajstić information content (AvgIpc) is 2.83. The van der Waals surface area contributed by atoms with Gasteiger partial charge in [0, 0.05) is 0 Å². The molecule has 0 unspecified atom stereocenters. The molecule has 0 bridgehead atoms. The molecule has 0 radical (unpaired) electrons. The number of ether oxygens (including phenoxy) is 4. The number of phenolic OH excluding ortho intramolecular Hbond substituents is 4. The van der Waals surface area contributed by atoms with E-state index in [1.807, 2.05) is 0 Å². The molecule has 1 saturated heterocycles. The maximum absolute atomic E-state index is 12.3. The summed E-state index contributed by atoms with van der Waals surface area (Å²) in [6.07, 6.45) is -6.13. The molecule has 35 heavy (non-hydrogen) atoms. The smallest absolute Gasteiger partial charge is 0.338 e. The number of allylic oxidation sites excluding steroid dienone is 1. The zero-order valence-electron chi connectivity index (χ0n) is 18.6. The van der Waals surface area contributed by atoms with Gasteiger partial charge in [0.2, 0.25) is 12.0 Å². The molecule has 3 rings (SSSR count). The summed E-state index contributed by atoms with van der Waals surface area (Å²) >= 11 is 0. The molecule has 1 aliphatic heterocycles. The zero-order valence-corrected chi connectivity index (χ0v) is 18.6. The lowest BCUT2D eigenvalue weighted by atomic mass is 9.99. The number of hydrogen-bond acceptors (Lipinski definition) is 12. The number of aliphatic hydroxyl groups is 3. The van der Waals surface area contributed by atoms with Crippen molar-refractivity contribution in [2.45, 2.75) is 37.1 Å². The molecule has 0 saturated carbocycles. The lowest BCUT2D eigenvalue weighted by Crippen LogP contribution is -2.60. The Kier molecular flexibility index (Phi) is 7.92. The van der Waals surface area contributed by atoms with Gasteiger partial charge in [-0.15, -0.1) is 6.58 Å². The highest BCUT2D eigenvalue weighted by Gasteiger charge is 2.46. The molecule has 0 amide bonds. The topological polar surface area (TPSA) is 196 Å². The fourth-order valence-corrected chi connectivity index (χ4v) is 3.41. The number of carbonyl (C=O) groups is 1. The number of carbonyl (C=O) groups excluding carboxylic acids is 1. The van der Waals surface area contributed by atoms with E-state index >= 15 is 0 Å². The van der Waals surface area contributed by atoms with Gasteiger partial charge in [0.1, 0.15) is 31.0 Å². The number of phenols is 4. The largest absolute Gasteiger partial charge is 0.504 e. The first-order valence-electron chi connectivity index (χ1n) is 10.4. The predicted molar refractivity (Wildman–Crippen MR) is 118 cm³/mol. The van der Waals surface area contributed by atoms with Crippen LogP contribution in [0.3, 0.4) is 0 Å². The molecule has 2 aromatic rings. The van der Waals surface area contributed by atoms with Crippen molar-refractivity contribution >= 4 is 5.97 Å². The normalized spacial score (nSPS) is 23.9. The van der Waals surface area contributed by atoms with Crippen LogP contribution in [-0.4, -0.2) is 86.1 Å². The summed E-state index contributed by atoms with van der Waals surface area (Å²) < 4.78 is 21.2. The monoisotopic (exact) mass is 494 g/mol. The van der Waals surface area contributed by atoms with Gasteiger partial charge in [-0.3, -0.25) is 0 Å². The van der Waals surface area contributed by atoms with Crippen molar-refractivity contribution in [3.05, 3.63) is 48.0 Å². The summed E-state index contributed by atoms with van der Waals surface area (Å²) in [5.74, 6) is -3.84. The number of hydrogen-bond donors (Lipinski definition) is 7. The van der Waals surface area contributed by atoms with Crippen molar-refractivity contribution in [1.29, 1.82) is 0 Å². The maximum Gasteiger partial charge on any atom is 0.338 e. The maximum atomic E-state index is 12.3. The minimum Gasteiger partial charge on any atom is -0.504 e. The van der Waals surface area contributed by atoms with E-state index in [2.05, 4.69) is 6.58 Å². The SMILES string of the molecule is C=CCc1cc(OC)c(O)c(O[C@@H]2O[C@H](COC(=O)c3cc(O)c(O)c(O)c3)[C@@H](O)[C@H](O)[C@H]2O)c1. The minimum absolute atomic E-state index is 0.0797. The van der Waals surface area contributed by atoms with Crippen LogP contribution in [0.15, 0.2) is 36.9 Å². The Morgan fingerprint density at radius 3 is 2.20 bits per heavy atom. The van der Waals surface area contributed by atoms with Crippen molar-refractivity contribution in [3.63, 3.8) is 0 Å². The number of methoxy groups -OCH3 is 1. The Balaban J connectivity index is 1.76. The molecule has 0 spiro atoms. The quantitative estimate of drug-likeness (QED) is 0.151. The highest BCUT2D eigenvalue weighted by molar-refractivity contribution is 5.91. The Bertz CT molecular complexity index is 1060. The molecule has 12 heteroatoms. The third kappa shape index (κ3) is 5.52. The molecular formula is C23H26O12. The molecular weight excluding hydrogens is 468 g/mol. The Labute approximate surface area is 199 Å². The van der Waals surface area contributed by atoms with E-state index in [0.717, 1.165) is 12.1 Å². The number of rotatable bonds is 8. The van der Waals surface area contributed by atoms with E-state index in [-0.39, 0.29) is 17.1 Å². The van der Waals surface area contributed by atoms with Crippen molar-refractivity contribution in [2.75, 3.05) is 13.7 Å². The number of aromatic hydroxyl groups is 4. The third-order valence-electron chi connectivity index (χ3n) is 5.30. The van der Waals surface area contributed by atoms with Crippen LogP contribution >= 0.6 is 0 Å². The van der Waals surface area contributed by atoms with Crippen LogP contribution in [0.5, 0.6) is 34.5 Å². The third-order valence-corrected chi connectivity index (χ3v) is 5.30. The second kappa shape index (κ2) is 10.7. The molecule has 7 N–H and O–H groups in total. The minimum atomic E-state index is -1.76. The number of aliphatic hydroxyl groups excluding tert-OH is 3. The Hall–Kier alpha value is -3.71. The standard InChI is InChI=1S/C23H26O12/c1-3-4-10-5-14(32-2)18(27)15(6-10)34-23-21(30)20(29)19(28)16(35-23)9-33-22(31)11-7-12(24)17(26)13(25)8-11/h3,5-8,16,19-21,23-30H,1,4,9H2,2H3/t16-,19-,20+,21-,23-/m1/s1. The van der Waals surface area contributed by atoms with Gasteiger partial charge in [-0.1, -0.05) is 6.08 Å². The lowest BCUT2D eigenvalue weighted by molar-refractivity contribution is -0.277. The van der Waals surface area contributed by atoms with Crippen LogP contribution in [-0.2, 0) is 15.9 Å². The Morgan fingerprint density at radius 2 is 1.60 bits per heavy atom. The summed E-state index contributed by atoms with van der Waals surface area (Å²) in [4.78, 5) is 12.3. The van der Waals surface area contributed by atoms with Gasteiger partial charge in [-0.25, -0.2) is 4.79 Å². The zero-order chi connectivity index (χ0) is 25.9. The van der Waals surface area contributed by atoms with Gasteiger partial charge in [0.15, 0.2) is 28.7 Å². The van der Waals surface area contributed by atoms with Gasteiger partial charge < -0.3 is 54.7 Å². The summed E-state index contributed by atoms with van der Waals surface area (Å²) in [5, 5.41) is 69.8. The molecule has 190 valence electrons. The van der Waals surface area contributed by atoms with Gasteiger partial charge in [-0.05, 0) is 36.2 Å². The molecule has 12 nitrogen and oxygen atoms in total. The number of esters is 1. The van der Waals surface area contributed by atoms with Crippen LogP contribution in [0.4, 0.5) is 0 Å². The highest BCUT2D eigenvalue weighted by atomic mass is 16.7. The Morgan fingerprint density at radius 1 is 0.971 bits per heavy atom. The van der Waals surface area contributed by atoms with E-state index in [9.17, 15) is 40.5 Å². The number of benzene rings is 2. The van der Waals surface area contributed by atoms with E-state index in [1.54, 1.807) is 12.1 Å². The van der Waals surface area contributed by atoms with Gasteiger partial charge in [-0.2, -0.15) is 0 Å². The summed E-state index contributed by atoms with van der Waals surface area (Å²) in [5.41, 5.74) is 0.342. The van der Waals surface area contributed by atoms with Gasteiger partial charge >= 0.3 is 5.97 Å². The highest BCUT2D eigenvalue weighted by Crippen LogP contribution is 2.39. The summed E-state index contributed by atoms with van der Waals surface area (Å²) in [6, 6.07) is 4.71. The summed E-state index contributed by atoms with van der Waals surface area (Å²) in [6.45, 7) is 3.01. The van der Waals surface area contributed by atoms with E-state index in [1.165, 1.54) is 13.2 Å². The average molecular weight is 494 g/mol. The fourth-order valence-electron chi connectivity index (χ4n) is 3.41. The first-order valence-corrected chi connectivity index (χ1v) is 10.4. The van der Waals surface area contributed by atoms with E-state index in [0.29, 0.717) is 12.0 Å². The first-order chi connectivity index (χ1) is 16.6. The molecule has 5 atom stereocenters. The fraction of sp³-hybridized carbons (Fsp3) is 0.348. The van der Waals surface area contributed by atoms with Crippen molar-refractivity contribution in [2.24, 2.45) is 0 Å². The van der Waals surface area contributed by atoms with Crippen molar-refractivity contribution in [1.82, 2.24) is 0 Å².